The average molecular weight is 407 g/mol. The first-order valence-electron chi connectivity index (χ1n) is 7.04. The number of ketones is 1. The fourth-order valence-corrected chi connectivity index (χ4v) is 2.19. The molecule has 0 radical (unpaired) electrons. The van der Waals surface area contributed by atoms with Gasteiger partial charge in [-0.3, -0.25) is 4.79 Å². The predicted molar refractivity (Wildman–Crippen MR) is 98.5 cm³/mol. The number of benzene rings is 2. The molecule has 0 fully saturated rings. The van der Waals surface area contributed by atoms with Crippen LogP contribution in [-0.4, -0.2) is 11.9 Å². The van der Waals surface area contributed by atoms with Crippen LogP contribution in [-0.2, 0) is 0 Å². The lowest BCUT2D eigenvalue weighted by Crippen LogP contribution is -2.05. The molecular weight excluding hydrogens is 389 g/mol. The number of halogens is 1. The normalized spacial score (nSPS) is 10.9. The number of anilines is 1. The Bertz CT molecular complexity index is 646. The Morgan fingerprint density at radius 2 is 1.73 bits per heavy atom. The van der Waals surface area contributed by atoms with Crippen LogP contribution in [0.15, 0.2) is 60.8 Å². The van der Waals surface area contributed by atoms with Crippen LogP contribution in [0.5, 0.6) is 5.75 Å². The highest BCUT2D eigenvalue weighted by Crippen LogP contribution is 2.15. The Kier molecular flexibility index (Phi) is 6.00. The molecular formula is C18H18INO2. The molecule has 0 amide bonds. The highest BCUT2D eigenvalue weighted by atomic mass is 127. The van der Waals surface area contributed by atoms with Crippen molar-refractivity contribution in [3.63, 3.8) is 0 Å². The molecule has 3 nitrogen and oxygen atoms in total. The van der Waals surface area contributed by atoms with Crippen molar-refractivity contribution in [1.29, 1.82) is 0 Å². The Balaban J connectivity index is 1.93. The standard InChI is InChI=1S/C18H18INO2/c1-13(2)22-17-9-3-14(4-10-17)18(21)11-12-20-16-7-5-15(19)6-8-16/h3-13,20H,1-2H3/b12-11+. The van der Waals surface area contributed by atoms with Crippen molar-refractivity contribution < 1.29 is 9.53 Å². The number of rotatable bonds is 6. The number of ether oxygens (including phenoxy) is 1. The van der Waals surface area contributed by atoms with Crippen molar-refractivity contribution in [1.82, 2.24) is 0 Å². The molecule has 0 aliphatic rings. The van der Waals surface area contributed by atoms with Gasteiger partial charge in [-0.2, -0.15) is 0 Å². The zero-order valence-corrected chi connectivity index (χ0v) is 14.7. The zero-order valence-electron chi connectivity index (χ0n) is 12.5. The zero-order chi connectivity index (χ0) is 15.9. The predicted octanol–water partition coefficient (Wildman–Crippen LogP) is 4.89. The van der Waals surface area contributed by atoms with Gasteiger partial charge in [0, 0.05) is 27.1 Å². The molecule has 22 heavy (non-hydrogen) atoms. The van der Waals surface area contributed by atoms with E-state index in [1.165, 1.54) is 9.65 Å². The summed E-state index contributed by atoms with van der Waals surface area (Å²) in [4.78, 5) is 12.1. The molecule has 2 rings (SSSR count). The van der Waals surface area contributed by atoms with Crippen LogP contribution < -0.4 is 10.1 Å². The molecule has 0 unspecified atom stereocenters. The minimum atomic E-state index is -0.0471. The molecule has 0 spiro atoms. The molecule has 1 N–H and O–H groups in total. The van der Waals surface area contributed by atoms with Crippen molar-refractivity contribution in [2.24, 2.45) is 0 Å². The molecule has 0 saturated carbocycles. The van der Waals surface area contributed by atoms with Gasteiger partial charge in [0.25, 0.3) is 0 Å². The molecule has 0 aliphatic carbocycles. The quantitative estimate of drug-likeness (QED) is 0.421. The second-order valence-corrected chi connectivity index (χ2v) is 6.29. The van der Waals surface area contributed by atoms with Gasteiger partial charge in [-0.1, -0.05) is 0 Å². The Morgan fingerprint density at radius 1 is 1.09 bits per heavy atom. The molecule has 0 bridgehead atoms. The molecule has 2 aromatic carbocycles. The lowest BCUT2D eigenvalue weighted by atomic mass is 10.1. The summed E-state index contributed by atoms with van der Waals surface area (Å²) in [7, 11) is 0. The molecule has 0 saturated heterocycles. The summed E-state index contributed by atoms with van der Waals surface area (Å²) in [5, 5.41) is 3.08. The third-order valence-electron chi connectivity index (χ3n) is 2.84. The summed E-state index contributed by atoms with van der Waals surface area (Å²) < 4.78 is 6.73. The Morgan fingerprint density at radius 3 is 2.32 bits per heavy atom. The maximum absolute atomic E-state index is 12.1. The summed E-state index contributed by atoms with van der Waals surface area (Å²) >= 11 is 2.25. The minimum absolute atomic E-state index is 0.0471. The van der Waals surface area contributed by atoms with Crippen molar-refractivity contribution in [2.75, 3.05) is 5.32 Å². The first-order chi connectivity index (χ1) is 10.5. The number of allylic oxidation sites excluding steroid dienone is 1. The second-order valence-electron chi connectivity index (χ2n) is 5.04. The number of nitrogens with one attached hydrogen (secondary N) is 1. The van der Waals surface area contributed by atoms with Crippen LogP contribution in [0.1, 0.15) is 24.2 Å². The van der Waals surface area contributed by atoms with Crippen molar-refractivity contribution in [3.8, 4) is 5.75 Å². The molecule has 0 aliphatic heterocycles. The number of carbonyl (C=O) groups is 1. The van der Waals surface area contributed by atoms with Crippen molar-refractivity contribution in [3.05, 3.63) is 69.9 Å². The van der Waals surface area contributed by atoms with E-state index < -0.39 is 0 Å². The van der Waals surface area contributed by atoms with E-state index in [0.29, 0.717) is 5.56 Å². The third kappa shape index (κ3) is 5.18. The van der Waals surface area contributed by atoms with Gasteiger partial charge in [0.05, 0.1) is 6.10 Å². The first-order valence-corrected chi connectivity index (χ1v) is 8.12. The summed E-state index contributed by atoms with van der Waals surface area (Å²) in [6.07, 6.45) is 3.30. The van der Waals surface area contributed by atoms with E-state index >= 15 is 0 Å². The summed E-state index contributed by atoms with van der Waals surface area (Å²) in [6.45, 7) is 3.94. The molecule has 114 valence electrons. The molecule has 4 heteroatoms. The summed E-state index contributed by atoms with van der Waals surface area (Å²) in [5.41, 5.74) is 1.59. The van der Waals surface area contributed by atoms with Crippen LogP contribution in [0.2, 0.25) is 0 Å². The Hall–Kier alpha value is -1.82. The van der Waals surface area contributed by atoms with Crippen LogP contribution in [0.25, 0.3) is 0 Å². The maximum Gasteiger partial charge on any atom is 0.187 e. The summed E-state index contributed by atoms with van der Waals surface area (Å²) in [6, 6.07) is 15.1. The molecule has 0 heterocycles. The molecule has 2 aromatic rings. The Labute approximate surface area is 144 Å². The van der Waals surface area contributed by atoms with Crippen molar-refractivity contribution in [2.45, 2.75) is 20.0 Å². The average Bonchev–Trinajstić information content (AvgIpc) is 2.49. The van der Waals surface area contributed by atoms with E-state index in [9.17, 15) is 4.79 Å². The van der Waals surface area contributed by atoms with E-state index in [1.54, 1.807) is 18.3 Å². The van der Waals surface area contributed by atoms with Gasteiger partial charge in [0.1, 0.15) is 5.75 Å². The van der Waals surface area contributed by atoms with E-state index in [2.05, 4.69) is 27.9 Å². The van der Waals surface area contributed by atoms with Crippen molar-refractivity contribution >= 4 is 34.1 Å². The van der Waals surface area contributed by atoms with Crippen LogP contribution in [0, 0.1) is 3.57 Å². The van der Waals surface area contributed by atoms with Gasteiger partial charge < -0.3 is 10.1 Å². The van der Waals surface area contributed by atoms with Crippen LogP contribution >= 0.6 is 22.6 Å². The SMILES string of the molecule is CC(C)Oc1ccc(C(=O)/C=C/Nc2ccc(I)cc2)cc1. The smallest absolute Gasteiger partial charge is 0.187 e. The van der Waals surface area contributed by atoms with E-state index in [0.717, 1.165) is 11.4 Å². The first kappa shape index (κ1) is 16.5. The van der Waals surface area contributed by atoms with Gasteiger partial charge in [0.2, 0.25) is 0 Å². The topological polar surface area (TPSA) is 38.3 Å². The highest BCUT2D eigenvalue weighted by molar-refractivity contribution is 14.1. The van der Waals surface area contributed by atoms with E-state index in [4.69, 9.17) is 4.74 Å². The second kappa shape index (κ2) is 7.98. The molecule has 0 aromatic heterocycles. The maximum atomic E-state index is 12.1. The number of hydrogen-bond donors (Lipinski definition) is 1. The minimum Gasteiger partial charge on any atom is -0.491 e. The third-order valence-corrected chi connectivity index (χ3v) is 3.56. The fourth-order valence-electron chi connectivity index (χ4n) is 1.83. The van der Waals surface area contributed by atoms with Gasteiger partial charge in [-0.05, 0) is 85.0 Å². The largest absolute Gasteiger partial charge is 0.491 e. The monoisotopic (exact) mass is 407 g/mol. The summed E-state index contributed by atoms with van der Waals surface area (Å²) in [5.74, 6) is 0.724. The lowest BCUT2D eigenvalue weighted by Gasteiger charge is -2.09. The number of hydrogen-bond acceptors (Lipinski definition) is 3. The van der Waals surface area contributed by atoms with E-state index in [1.807, 2.05) is 50.2 Å². The van der Waals surface area contributed by atoms with Crippen LogP contribution in [0.4, 0.5) is 5.69 Å². The van der Waals surface area contributed by atoms with Gasteiger partial charge in [0.15, 0.2) is 5.78 Å². The fraction of sp³-hybridized carbons (Fsp3) is 0.167. The lowest BCUT2D eigenvalue weighted by molar-refractivity contribution is 0.104. The van der Waals surface area contributed by atoms with E-state index in [-0.39, 0.29) is 11.9 Å². The molecule has 0 atom stereocenters. The van der Waals surface area contributed by atoms with Gasteiger partial charge in [-0.25, -0.2) is 0 Å². The van der Waals surface area contributed by atoms with Gasteiger partial charge in [-0.15, -0.1) is 0 Å². The van der Waals surface area contributed by atoms with Gasteiger partial charge >= 0.3 is 0 Å². The van der Waals surface area contributed by atoms with Crippen LogP contribution in [0.3, 0.4) is 0 Å². The highest BCUT2D eigenvalue weighted by Gasteiger charge is 2.03. The number of carbonyl (C=O) groups excluding carboxylic acids is 1.